The first-order chi connectivity index (χ1) is 8.11. The van der Waals surface area contributed by atoms with Gasteiger partial charge in [-0.3, -0.25) is 4.57 Å². The standard InChI is InChI=1S/C9H8ClN5OS/c1-16-9-13-7(10)12-8(14-9)15-4-2-3-5(15)6(11)17/h2-4H,1H3,(H2,11,17). The number of nitrogens with two attached hydrogens (primary N) is 1. The fourth-order valence-corrected chi connectivity index (χ4v) is 1.59. The molecule has 2 N–H and O–H groups in total. The molecular weight excluding hydrogens is 262 g/mol. The van der Waals surface area contributed by atoms with E-state index >= 15 is 0 Å². The summed E-state index contributed by atoms with van der Waals surface area (Å²) in [4.78, 5) is 12.1. The number of thiocarbonyl (C=S) groups is 1. The number of hydrogen-bond acceptors (Lipinski definition) is 5. The Kier molecular flexibility index (Phi) is 3.21. The van der Waals surface area contributed by atoms with Gasteiger partial charge < -0.3 is 10.5 Å². The van der Waals surface area contributed by atoms with E-state index in [4.69, 9.17) is 34.3 Å². The summed E-state index contributed by atoms with van der Waals surface area (Å²) in [6.45, 7) is 0. The zero-order valence-electron chi connectivity index (χ0n) is 8.79. The van der Waals surface area contributed by atoms with Gasteiger partial charge in [-0.1, -0.05) is 12.2 Å². The summed E-state index contributed by atoms with van der Waals surface area (Å²) >= 11 is 10.7. The molecule has 0 aromatic carbocycles. The number of ether oxygens (including phenoxy) is 1. The highest BCUT2D eigenvalue weighted by atomic mass is 35.5. The largest absolute Gasteiger partial charge is 0.467 e. The minimum atomic E-state index is 0.0365. The van der Waals surface area contributed by atoms with E-state index < -0.39 is 0 Å². The maximum Gasteiger partial charge on any atom is 0.322 e. The molecule has 2 rings (SSSR count). The average Bonchev–Trinajstić information content (AvgIpc) is 2.77. The van der Waals surface area contributed by atoms with Crippen LogP contribution in [-0.4, -0.2) is 31.6 Å². The predicted molar refractivity (Wildman–Crippen MR) is 66.6 cm³/mol. The monoisotopic (exact) mass is 269 g/mol. The van der Waals surface area contributed by atoms with E-state index in [1.54, 1.807) is 22.9 Å². The Morgan fingerprint density at radius 2 is 2.24 bits per heavy atom. The smallest absolute Gasteiger partial charge is 0.322 e. The van der Waals surface area contributed by atoms with E-state index in [2.05, 4.69) is 15.0 Å². The molecule has 0 aliphatic heterocycles. The van der Waals surface area contributed by atoms with Crippen LogP contribution in [0.5, 0.6) is 6.01 Å². The molecule has 0 saturated heterocycles. The molecule has 0 spiro atoms. The van der Waals surface area contributed by atoms with E-state index in [0.717, 1.165) is 0 Å². The van der Waals surface area contributed by atoms with Gasteiger partial charge in [0.2, 0.25) is 11.2 Å². The Morgan fingerprint density at radius 1 is 1.47 bits per heavy atom. The molecule has 0 unspecified atom stereocenters. The summed E-state index contributed by atoms with van der Waals surface area (Å²) in [6, 6.07) is 3.66. The third-order valence-corrected chi connectivity index (χ3v) is 2.35. The molecule has 0 aliphatic rings. The minimum Gasteiger partial charge on any atom is -0.467 e. The van der Waals surface area contributed by atoms with Crippen LogP contribution in [0.4, 0.5) is 0 Å². The fraction of sp³-hybridized carbons (Fsp3) is 0.111. The van der Waals surface area contributed by atoms with Gasteiger partial charge in [0.15, 0.2) is 0 Å². The molecule has 0 saturated carbocycles. The Morgan fingerprint density at radius 3 is 2.88 bits per heavy atom. The Labute approximate surface area is 107 Å². The molecule has 17 heavy (non-hydrogen) atoms. The molecule has 0 amide bonds. The highest BCUT2D eigenvalue weighted by Gasteiger charge is 2.11. The fourth-order valence-electron chi connectivity index (χ4n) is 1.28. The first-order valence-electron chi connectivity index (χ1n) is 4.55. The van der Waals surface area contributed by atoms with Crippen molar-refractivity contribution in [2.24, 2.45) is 5.73 Å². The third-order valence-electron chi connectivity index (χ3n) is 1.98. The molecule has 0 fully saturated rings. The summed E-state index contributed by atoms with van der Waals surface area (Å²) in [7, 11) is 1.44. The van der Waals surface area contributed by atoms with Gasteiger partial charge >= 0.3 is 6.01 Å². The second-order valence-corrected chi connectivity index (χ2v) is 3.80. The van der Waals surface area contributed by atoms with Gasteiger partial charge in [-0.2, -0.15) is 15.0 Å². The van der Waals surface area contributed by atoms with Crippen molar-refractivity contribution < 1.29 is 4.74 Å². The molecule has 8 heteroatoms. The molecule has 88 valence electrons. The number of halogens is 1. The van der Waals surface area contributed by atoms with Crippen molar-refractivity contribution in [1.82, 2.24) is 19.5 Å². The van der Waals surface area contributed by atoms with Crippen LogP contribution in [0.3, 0.4) is 0 Å². The van der Waals surface area contributed by atoms with Crippen molar-refractivity contribution in [3.05, 3.63) is 29.3 Å². The van der Waals surface area contributed by atoms with Crippen molar-refractivity contribution in [3.8, 4) is 12.0 Å². The zero-order valence-corrected chi connectivity index (χ0v) is 10.4. The summed E-state index contributed by atoms with van der Waals surface area (Å²) in [5.41, 5.74) is 6.20. The lowest BCUT2D eigenvalue weighted by atomic mass is 10.4. The number of rotatable bonds is 3. The highest BCUT2D eigenvalue weighted by molar-refractivity contribution is 7.80. The van der Waals surface area contributed by atoms with Gasteiger partial charge in [-0.25, -0.2) is 0 Å². The van der Waals surface area contributed by atoms with Gasteiger partial charge in [-0.05, 0) is 23.7 Å². The van der Waals surface area contributed by atoms with Crippen LogP contribution in [0, 0.1) is 0 Å². The molecular formula is C9H8ClN5OS. The lowest BCUT2D eigenvalue weighted by Crippen LogP contribution is -2.16. The molecule has 0 bridgehead atoms. The zero-order chi connectivity index (χ0) is 12.4. The van der Waals surface area contributed by atoms with Crippen LogP contribution in [0.25, 0.3) is 5.95 Å². The third kappa shape index (κ3) is 2.34. The van der Waals surface area contributed by atoms with E-state index in [1.165, 1.54) is 7.11 Å². The summed E-state index contributed by atoms with van der Waals surface area (Å²) in [5.74, 6) is 0.301. The Balaban J connectivity index is 2.56. The van der Waals surface area contributed by atoms with Crippen LogP contribution in [-0.2, 0) is 0 Å². The second-order valence-electron chi connectivity index (χ2n) is 3.02. The van der Waals surface area contributed by atoms with E-state index in [1.807, 2.05) is 0 Å². The Hall–Kier alpha value is -1.73. The molecule has 0 aliphatic carbocycles. The maximum atomic E-state index is 5.76. The SMILES string of the molecule is COc1nc(Cl)nc(-n2cccc2C(N)=S)n1. The first-order valence-corrected chi connectivity index (χ1v) is 5.33. The van der Waals surface area contributed by atoms with Gasteiger partial charge in [0.1, 0.15) is 4.99 Å². The van der Waals surface area contributed by atoms with Crippen molar-refractivity contribution >= 4 is 28.8 Å². The molecule has 6 nitrogen and oxygen atoms in total. The lowest BCUT2D eigenvalue weighted by Gasteiger charge is -2.07. The summed E-state index contributed by atoms with van der Waals surface area (Å²) in [5, 5.41) is 0.0365. The molecule has 2 aromatic rings. The number of methoxy groups -OCH3 is 1. The molecule has 2 aromatic heterocycles. The van der Waals surface area contributed by atoms with Crippen LogP contribution < -0.4 is 10.5 Å². The summed E-state index contributed by atoms with van der Waals surface area (Å²) in [6.07, 6.45) is 1.72. The van der Waals surface area contributed by atoms with Gasteiger partial charge in [-0.15, -0.1) is 0 Å². The maximum absolute atomic E-state index is 5.76. The minimum absolute atomic E-state index is 0.0365. The quantitative estimate of drug-likeness (QED) is 0.836. The van der Waals surface area contributed by atoms with Gasteiger partial charge in [0, 0.05) is 6.20 Å². The summed E-state index contributed by atoms with van der Waals surface area (Å²) < 4.78 is 6.52. The van der Waals surface area contributed by atoms with Crippen LogP contribution >= 0.6 is 23.8 Å². The van der Waals surface area contributed by atoms with Crippen molar-refractivity contribution in [3.63, 3.8) is 0 Å². The topological polar surface area (TPSA) is 78.9 Å². The second kappa shape index (κ2) is 4.64. The predicted octanol–water partition coefficient (Wildman–Crippen LogP) is 0.958. The number of nitrogens with zero attached hydrogens (tertiary/aromatic N) is 4. The molecule has 0 atom stereocenters. The van der Waals surface area contributed by atoms with Gasteiger partial charge in [0.25, 0.3) is 0 Å². The van der Waals surface area contributed by atoms with E-state index in [-0.39, 0.29) is 16.3 Å². The number of hydrogen-bond donors (Lipinski definition) is 1. The average molecular weight is 270 g/mol. The lowest BCUT2D eigenvalue weighted by molar-refractivity contribution is 0.377. The van der Waals surface area contributed by atoms with Crippen LogP contribution in [0.15, 0.2) is 18.3 Å². The molecule has 2 heterocycles. The van der Waals surface area contributed by atoms with Crippen molar-refractivity contribution in [2.75, 3.05) is 7.11 Å². The first kappa shape index (κ1) is 11.7. The van der Waals surface area contributed by atoms with E-state index in [0.29, 0.717) is 11.6 Å². The van der Waals surface area contributed by atoms with Crippen molar-refractivity contribution in [2.45, 2.75) is 0 Å². The molecule has 0 radical (unpaired) electrons. The highest BCUT2D eigenvalue weighted by Crippen LogP contribution is 2.13. The normalized spacial score (nSPS) is 10.2. The van der Waals surface area contributed by atoms with Gasteiger partial charge in [0.05, 0.1) is 12.8 Å². The Bertz CT molecular complexity index is 570. The van der Waals surface area contributed by atoms with E-state index in [9.17, 15) is 0 Å². The van der Waals surface area contributed by atoms with Crippen LogP contribution in [0.2, 0.25) is 5.28 Å². The van der Waals surface area contributed by atoms with Crippen LogP contribution in [0.1, 0.15) is 5.69 Å². The number of aromatic nitrogens is 4. The van der Waals surface area contributed by atoms with Crippen molar-refractivity contribution in [1.29, 1.82) is 0 Å².